The van der Waals surface area contributed by atoms with E-state index in [4.69, 9.17) is 0 Å². The molecular formula is C21H24F2IN5O. The van der Waals surface area contributed by atoms with E-state index in [1.54, 1.807) is 12.1 Å². The molecule has 1 amide bonds. The van der Waals surface area contributed by atoms with Gasteiger partial charge < -0.3 is 20.9 Å². The van der Waals surface area contributed by atoms with Crippen molar-refractivity contribution in [3.63, 3.8) is 0 Å². The Labute approximate surface area is 190 Å². The second-order valence-corrected chi connectivity index (χ2v) is 6.43. The van der Waals surface area contributed by atoms with Gasteiger partial charge in [0.25, 0.3) is 0 Å². The fraction of sp³-hybridized carbons (Fsp3) is 0.238. The van der Waals surface area contributed by atoms with Crippen LogP contribution in [0.1, 0.15) is 12.5 Å². The summed E-state index contributed by atoms with van der Waals surface area (Å²) in [7, 11) is 0. The number of nitrogens with zero attached hydrogens (tertiary/aromatic N) is 1. The van der Waals surface area contributed by atoms with Crippen molar-refractivity contribution in [2.45, 2.75) is 13.3 Å². The van der Waals surface area contributed by atoms with Crippen LogP contribution in [0.3, 0.4) is 0 Å². The first kappa shape index (κ1) is 23.6. The monoisotopic (exact) mass is 527 g/mol. The number of halogens is 3. The molecule has 0 fully saturated rings. The molecule has 2 aromatic carbocycles. The highest BCUT2D eigenvalue weighted by Gasteiger charge is 2.07. The van der Waals surface area contributed by atoms with Crippen molar-refractivity contribution in [3.05, 3.63) is 65.9 Å². The second kappa shape index (κ2) is 11.5. The molecule has 0 bridgehead atoms. The third kappa shape index (κ3) is 6.68. The molecule has 9 heteroatoms. The number of H-pyrrole nitrogens is 1. The summed E-state index contributed by atoms with van der Waals surface area (Å²) in [5.74, 6) is -0.545. The molecular weight excluding hydrogens is 503 g/mol. The Morgan fingerprint density at radius 3 is 2.67 bits per heavy atom. The van der Waals surface area contributed by atoms with Crippen LogP contribution in [0.15, 0.2) is 53.7 Å². The number of aromatic amines is 1. The molecule has 0 saturated heterocycles. The van der Waals surface area contributed by atoms with Gasteiger partial charge in [0.05, 0.1) is 0 Å². The van der Waals surface area contributed by atoms with Crippen LogP contribution in [0.25, 0.3) is 10.9 Å². The number of fused-ring (bicyclic) bond motifs is 1. The van der Waals surface area contributed by atoms with E-state index in [-0.39, 0.29) is 42.2 Å². The number of amides is 1. The van der Waals surface area contributed by atoms with Crippen LogP contribution in [0.4, 0.5) is 14.5 Å². The molecule has 0 spiro atoms. The van der Waals surface area contributed by atoms with Crippen molar-refractivity contribution in [2.24, 2.45) is 4.99 Å². The summed E-state index contributed by atoms with van der Waals surface area (Å²) in [4.78, 5) is 19.4. The zero-order valence-electron chi connectivity index (χ0n) is 16.5. The summed E-state index contributed by atoms with van der Waals surface area (Å²) < 4.78 is 26.7. The first-order valence-corrected chi connectivity index (χ1v) is 9.38. The van der Waals surface area contributed by atoms with Crippen molar-refractivity contribution in [1.82, 2.24) is 15.6 Å². The van der Waals surface area contributed by atoms with Gasteiger partial charge in [-0.3, -0.25) is 4.79 Å². The average molecular weight is 527 g/mol. The van der Waals surface area contributed by atoms with Gasteiger partial charge in [-0.05, 0) is 55.3 Å². The third-order valence-electron chi connectivity index (χ3n) is 4.25. The Morgan fingerprint density at radius 2 is 1.90 bits per heavy atom. The van der Waals surface area contributed by atoms with Crippen molar-refractivity contribution in [2.75, 3.05) is 25.0 Å². The van der Waals surface area contributed by atoms with Crippen molar-refractivity contribution in [3.8, 4) is 0 Å². The summed E-state index contributed by atoms with van der Waals surface area (Å²) in [6.45, 7) is 3.01. The SMILES string of the molecule is CCNC(=NCC(=O)Nc1cccc(F)c1)NCCc1c[nH]c2ccc(F)cc12.I. The normalized spacial score (nSPS) is 11.1. The Bertz CT molecular complexity index is 1020. The highest BCUT2D eigenvalue weighted by atomic mass is 127. The molecule has 0 aliphatic rings. The lowest BCUT2D eigenvalue weighted by atomic mass is 10.1. The van der Waals surface area contributed by atoms with E-state index in [2.05, 4.69) is 25.9 Å². The van der Waals surface area contributed by atoms with E-state index >= 15 is 0 Å². The predicted molar refractivity (Wildman–Crippen MR) is 126 cm³/mol. The summed E-state index contributed by atoms with van der Waals surface area (Å²) in [5, 5.41) is 9.68. The molecule has 0 aliphatic heterocycles. The number of guanidine groups is 1. The molecule has 0 saturated carbocycles. The third-order valence-corrected chi connectivity index (χ3v) is 4.25. The van der Waals surface area contributed by atoms with Gasteiger partial charge in [-0.25, -0.2) is 13.8 Å². The molecule has 0 atom stereocenters. The first-order chi connectivity index (χ1) is 14.0. The topological polar surface area (TPSA) is 81.3 Å². The standard InChI is InChI=1S/C21H23F2N5O.HI/c1-2-24-21(27-13-20(29)28-17-5-3-4-15(22)10-17)25-9-8-14-12-26-19-7-6-16(23)11-18(14)19;/h3-7,10-12,26H,2,8-9,13H2,1H3,(H,28,29)(H2,24,25,27);1H. The van der Waals surface area contributed by atoms with Gasteiger partial charge in [-0.15, -0.1) is 24.0 Å². The number of carbonyl (C=O) groups excluding carboxylic acids is 1. The van der Waals surface area contributed by atoms with Gasteiger partial charge >= 0.3 is 0 Å². The average Bonchev–Trinajstić information content (AvgIpc) is 3.08. The van der Waals surface area contributed by atoms with Crippen molar-refractivity contribution < 1.29 is 13.6 Å². The van der Waals surface area contributed by atoms with E-state index in [9.17, 15) is 13.6 Å². The molecule has 6 nitrogen and oxygen atoms in total. The fourth-order valence-electron chi connectivity index (χ4n) is 2.93. The van der Waals surface area contributed by atoms with Crippen LogP contribution >= 0.6 is 24.0 Å². The number of hydrogen-bond acceptors (Lipinski definition) is 2. The molecule has 160 valence electrons. The number of carbonyl (C=O) groups is 1. The van der Waals surface area contributed by atoms with E-state index in [1.807, 2.05) is 13.1 Å². The van der Waals surface area contributed by atoms with Gasteiger partial charge in [-0.2, -0.15) is 0 Å². The second-order valence-electron chi connectivity index (χ2n) is 6.43. The molecule has 4 N–H and O–H groups in total. The predicted octanol–water partition coefficient (Wildman–Crippen LogP) is 3.80. The molecule has 30 heavy (non-hydrogen) atoms. The molecule has 0 aliphatic carbocycles. The highest BCUT2D eigenvalue weighted by Crippen LogP contribution is 2.19. The maximum Gasteiger partial charge on any atom is 0.246 e. The molecule has 0 unspecified atom stereocenters. The van der Waals surface area contributed by atoms with E-state index in [0.29, 0.717) is 31.2 Å². The number of aromatic nitrogens is 1. The number of hydrogen-bond donors (Lipinski definition) is 4. The fourth-order valence-corrected chi connectivity index (χ4v) is 2.93. The maximum atomic E-state index is 13.5. The van der Waals surface area contributed by atoms with Gasteiger partial charge in [0.1, 0.15) is 18.2 Å². The molecule has 1 heterocycles. The Kier molecular flexibility index (Phi) is 9.03. The first-order valence-electron chi connectivity index (χ1n) is 9.38. The highest BCUT2D eigenvalue weighted by molar-refractivity contribution is 14.0. The van der Waals surface area contributed by atoms with Crippen LogP contribution < -0.4 is 16.0 Å². The largest absolute Gasteiger partial charge is 0.361 e. The zero-order chi connectivity index (χ0) is 20.6. The van der Waals surface area contributed by atoms with Crippen LogP contribution in [0, 0.1) is 11.6 Å². The van der Waals surface area contributed by atoms with Crippen LogP contribution in [-0.2, 0) is 11.2 Å². The lowest BCUT2D eigenvalue weighted by Gasteiger charge is -2.11. The summed E-state index contributed by atoms with van der Waals surface area (Å²) >= 11 is 0. The van der Waals surface area contributed by atoms with E-state index in [0.717, 1.165) is 16.5 Å². The minimum Gasteiger partial charge on any atom is -0.361 e. The quantitative estimate of drug-likeness (QED) is 0.215. The van der Waals surface area contributed by atoms with Crippen LogP contribution in [0.2, 0.25) is 0 Å². The maximum absolute atomic E-state index is 13.5. The van der Waals surface area contributed by atoms with Gasteiger partial charge in [0, 0.05) is 35.9 Å². The summed E-state index contributed by atoms with van der Waals surface area (Å²) in [5.41, 5.74) is 2.26. The molecule has 1 aromatic heterocycles. The van der Waals surface area contributed by atoms with Gasteiger partial charge in [0.2, 0.25) is 5.91 Å². The number of aliphatic imine (C=N–C) groups is 1. The number of nitrogens with one attached hydrogen (secondary N) is 4. The Balaban J connectivity index is 0.00000320. The van der Waals surface area contributed by atoms with Crippen molar-refractivity contribution >= 4 is 52.4 Å². The zero-order valence-corrected chi connectivity index (χ0v) is 18.8. The van der Waals surface area contributed by atoms with E-state index < -0.39 is 5.82 Å². The molecule has 3 rings (SSSR count). The minimum atomic E-state index is -0.418. The van der Waals surface area contributed by atoms with Crippen LogP contribution in [0.5, 0.6) is 0 Å². The smallest absolute Gasteiger partial charge is 0.246 e. The van der Waals surface area contributed by atoms with Gasteiger partial charge in [-0.1, -0.05) is 6.07 Å². The number of anilines is 1. The summed E-state index contributed by atoms with van der Waals surface area (Å²) in [6, 6.07) is 10.3. The number of benzene rings is 2. The lowest BCUT2D eigenvalue weighted by molar-refractivity contribution is -0.114. The molecule has 3 aromatic rings. The van der Waals surface area contributed by atoms with Crippen molar-refractivity contribution in [1.29, 1.82) is 0 Å². The Hall–Kier alpha value is -2.69. The van der Waals surface area contributed by atoms with Crippen LogP contribution in [-0.4, -0.2) is 36.5 Å². The Morgan fingerprint density at radius 1 is 1.10 bits per heavy atom. The van der Waals surface area contributed by atoms with E-state index in [1.165, 1.54) is 30.3 Å². The number of rotatable bonds is 7. The minimum absolute atomic E-state index is 0. The molecule has 0 radical (unpaired) electrons. The summed E-state index contributed by atoms with van der Waals surface area (Å²) in [6.07, 6.45) is 2.52. The lowest BCUT2D eigenvalue weighted by Crippen LogP contribution is -2.39. The van der Waals surface area contributed by atoms with Gasteiger partial charge in [0.15, 0.2) is 5.96 Å².